The summed E-state index contributed by atoms with van der Waals surface area (Å²) in [5, 5.41) is 0. The highest BCUT2D eigenvalue weighted by molar-refractivity contribution is 5.81. The smallest absolute Gasteiger partial charge is 0.333 e. The Kier molecular flexibility index (Phi) is 6.53. The number of carbonyl (C=O) groups excluding carboxylic acids is 1. The van der Waals surface area contributed by atoms with E-state index in [-0.39, 0.29) is 13.6 Å². The van der Waals surface area contributed by atoms with Crippen LogP contribution in [-0.2, 0) is 25.6 Å². The van der Waals surface area contributed by atoms with Gasteiger partial charge in [-0.15, -0.1) is 0 Å². The van der Waals surface area contributed by atoms with Gasteiger partial charge in [-0.1, -0.05) is 18.7 Å². The number of hydrogen-bond donors (Lipinski definition) is 0. The topological polar surface area (TPSA) is 54.0 Å². The van der Waals surface area contributed by atoms with E-state index in [4.69, 9.17) is 14.2 Å². The third-order valence-corrected chi connectivity index (χ3v) is 1.99. The number of rotatable bonds is 8. The maximum Gasteiger partial charge on any atom is 0.333 e. The van der Waals surface area contributed by atoms with E-state index in [0.29, 0.717) is 12.4 Å². The van der Waals surface area contributed by atoms with Crippen LogP contribution in [0.1, 0.15) is 5.56 Å². The monoisotopic (exact) mass is 252 g/mol. The van der Waals surface area contributed by atoms with Crippen LogP contribution in [0.3, 0.4) is 0 Å². The van der Waals surface area contributed by atoms with Gasteiger partial charge < -0.3 is 18.9 Å². The van der Waals surface area contributed by atoms with Crippen molar-refractivity contribution in [3.05, 3.63) is 42.5 Å². The van der Waals surface area contributed by atoms with Crippen molar-refractivity contribution in [2.24, 2.45) is 0 Å². The summed E-state index contributed by atoms with van der Waals surface area (Å²) in [4.78, 5) is 10.8. The molecule has 0 saturated carbocycles. The number of methoxy groups -OCH3 is 1. The van der Waals surface area contributed by atoms with Crippen molar-refractivity contribution in [1.82, 2.24) is 0 Å². The molecule has 0 N–H and O–H groups in total. The first-order valence-corrected chi connectivity index (χ1v) is 5.34. The van der Waals surface area contributed by atoms with Crippen molar-refractivity contribution in [3.8, 4) is 5.75 Å². The zero-order valence-corrected chi connectivity index (χ0v) is 10.3. The van der Waals surface area contributed by atoms with E-state index in [9.17, 15) is 4.79 Å². The highest BCUT2D eigenvalue weighted by atomic mass is 16.7. The summed E-state index contributed by atoms with van der Waals surface area (Å²) < 4.78 is 19.8. The van der Waals surface area contributed by atoms with Gasteiger partial charge in [0.2, 0.25) is 6.79 Å². The molecule has 0 amide bonds. The van der Waals surface area contributed by atoms with E-state index in [1.807, 2.05) is 12.1 Å². The maximum atomic E-state index is 10.8. The predicted molar refractivity (Wildman–Crippen MR) is 64.9 cm³/mol. The first kappa shape index (κ1) is 14.2. The Morgan fingerprint density at radius 1 is 1.28 bits per heavy atom. The Balaban J connectivity index is 2.31. The molecule has 0 aliphatic heterocycles. The Morgan fingerprint density at radius 3 is 2.61 bits per heavy atom. The molecule has 5 heteroatoms. The minimum absolute atomic E-state index is 0.135. The largest absolute Gasteiger partial charge is 0.457 e. The van der Waals surface area contributed by atoms with Gasteiger partial charge in [-0.05, 0) is 17.7 Å². The molecule has 0 bridgehead atoms. The maximum absolute atomic E-state index is 10.8. The number of hydrogen-bond acceptors (Lipinski definition) is 5. The van der Waals surface area contributed by atoms with E-state index >= 15 is 0 Å². The van der Waals surface area contributed by atoms with Gasteiger partial charge >= 0.3 is 5.97 Å². The molecular formula is C13H16O5. The minimum Gasteiger partial charge on any atom is -0.457 e. The molecule has 1 aromatic rings. The lowest BCUT2D eigenvalue weighted by Crippen LogP contribution is -2.07. The molecule has 98 valence electrons. The first-order chi connectivity index (χ1) is 8.76. The van der Waals surface area contributed by atoms with E-state index in [1.54, 1.807) is 19.2 Å². The highest BCUT2D eigenvalue weighted by Crippen LogP contribution is 2.12. The molecule has 1 aromatic carbocycles. The molecule has 0 aliphatic rings. The van der Waals surface area contributed by atoms with Crippen LogP contribution in [0.15, 0.2) is 36.9 Å². The zero-order chi connectivity index (χ0) is 13.2. The Labute approximate surface area is 106 Å². The van der Waals surface area contributed by atoms with Crippen LogP contribution in [0.4, 0.5) is 0 Å². The molecule has 0 aromatic heterocycles. The molecule has 0 fully saturated rings. The molecule has 0 radical (unpaired) electrons. The molecule has 0 spiro atoms. The van der Waals surface area contributed by atoms with Gasteiger partial charge in [-0.3, -0.25) is 0 Å². The Morgan fingerprint density at radius 2 is 2.00 bits per heavy atom. The van der Waals surface area contributed by atoms with Gasteiger partial charge in [0.15, 0.2) is 0 Å². The molecule has 0 atom stereocenters. The fourth-order valence-corrected chi connectivity index (χ4v) is 1.14. The van der Waals surface area contributed by atoms with Crippen molar-refractivity contribution < 1.29 is 23.7 Å². The van der Waals surface area contributed by atoms with Crippen LogP contribution in [0.2, 0.25) is 0 Å². The van der Waals surface area contributed by atoms with Gasteiger partial charge in [0.05, 0.1) is 6.61 Å². The van der Waals surface area contributed by atoms with Crippen LogP contribution < -0.4 is 4.74 Å². The second kappa shape index (κ2) is 8.27. The molecule has 0 saturated heterocycles. The fraction of sp³-hybridized carbons (Fsp3) is 0.308. The van der Waals surface area contributed by atoms with Gasteiger partial charge in [-0.25, -0.2) is 4.79 Å². The van der Waals surface area contributed by atoms with Crippen LogP contribution in [0, 0.1) is 0 Å². The summed E-state index contributed by atoms with van der Waals surface area (Å²) >= 11 is 0. The third kappa shape index (κ3) is 5.47. The molecule has 0 unspecified atom stereocenters. The van der Waals surface area contributed by atoms with Crippen molar-refractivity contribution >= 4 is 5.97 Å². The van der Waals surface area contributed by atoms with Crippen molar-refractivity contribution in [3.63, 3.8) is 0 Å². The van der Waals surface area contributed by atoms with Crippen LogP contribution in [0.25, 0.3) is 0 Å². The first-order valence-electron chi connectivity index (χ1n) is 5.34. The molecule has 5 nitrogen and oxygen atoms in total. The summed E-state index contributed by atoms with van der Waals surface area (Å²) in [7, 11) is 1.57. The lowest BCUT2D eigenvalue weighted by molar-refractivity contribution is -0.144. The molecule has 18 heavy (non-hydrogen) atoms. The molecular weight excluding hydrogens is 236 g/mol. The number of benzene rings is 1. The average molecular weight is 252 g/mol. The summed E-state index contributed by atoms with van der Waals surface area (Å²) in [5.41, 5.74) is 1.00. The van der Waals surface area contributed by atoms with Gasteiger partial charge in [0.1, 0.15) is 12.5 Å². The van der Waals surface area contributed by atoms with Crippen molar-refractivity contribution in [2.75, 3.05) is 20.7 Å². The van der Waals surface area contributed by atoms with E-state index in [1.165, 1.54) is 0 Å². The van der Waals surface area contributed by atoms with E-state index < -0.39 is 5.97 Å². The number of esters is 1. The van der Waals surface area contributed by atoms with Crippen LogP contribution in [0.5, 0.6) is 5.75 Å². The summed E-state index contributed by atoms with van der Waals surface area (Å²) in [6.45, 7) is 3.88. The summed E-state index contributed by atoms with van der Waals surface area (Å²) in [5.74, 6) is 0.0990. The average Bonchev–Trinajstić information content (AvgIpc) is 2.40. The summed E-state index contributed by atoms with van der Waals surface area (Å²) in [6.07, 6.45) is 1.08. The standard InChI is InChI=1S/C13H16O5/c1-3-13(14)18-10-17-12-6-4-11(5-7-12)8-16-9-15-2/h3-7H,1,8-10H2,2H3. The molecule has 0 heterocycles. The van der Waals surface area contributed by atoms with Gasteiger partial charge in [-0.2, -0.15) is 0 Å². The van der Waals surface area contributed by atoms with Crippen LogP contribution in [-0.4, -0.2) is 26.7 Å². The van der Waals surface area contributed by atoms with Gasteiger partial charge in [0.25, 0.3) is 0 Å². The number of ether oxygens (including phenoxy) is 4. The lowest BCUT2D eigenvalue weighted by atomic mass is 10.2. The Bertz CT molecular complexity index is 371. The lowest BCUT2D eigenvalue weighted by Gasteiger charge is -2.07. The molecule has 0 aliphatic carbocycles. The quantitative estimate of drug-likeness (QED) is 0.306. The highest BCUT2D eigenvalue weighted by Gasteiger charge is 1.98. The van der Waals surface area contributed by atoms with Crippen LogP contribution >= 0.6 is 0 Å². The second-order valence-electron chi connectivity index (χ2n) is 3.33. The third-order valence-electron chi connectivity index (χ3n) is 1.99. The zero-order valence-electron chi connectivity index (χ0n) is 10.3. The van der Waals surface area contributed by atoms with E-state index in [2.05, 4.69) is 11.3 Å². The minimum atomic E-state index is -0.514. The molecule has 1 rings (SSSR count). The normalized spacial score (nSPS) is 9.83. The fourth-order valence-electron chi connectivity index (χ4n) is 1.14. The predicted octanol–water partition coefficient (Wildman–Crippen LogP) is 1.87. The summed E-state index contributed by atoms with van der Waals surface area (Å²) in [6, 6.07) is 7.26. The number of carbonyl (C=O) groups is 1. The SMILES string of the molecule is C=CC(=O)OCOc1ccc(COCOC)cc1. The second-order valence-corrected chi connectivity index (χ2v) is 3.33. The van der Waals surface area contributed by atoms with Crippen molar-refractivity contribution in [1.29, 1.82) is 0 Å². The van der Waals surface area contributed by atoms with E-state index in [0.717, 1.165) is 11.6 Å². The Hall–Kier alpha value is -1.85. The van der Waals surface area contributed by atoms with Gasteiger partial charge in [0, 0.05) is 13.2 Å². The van der Waals surface area contributed by atoms with Crippen molar-refractivity contribution in [2.45, 2.75) is 6.61 Å².